The number of carboxylic acids is 1. The molecule has 0 saturated carbocycles. The van der Waals surface area contributed by atoms with Crippen molar-refractivity contribution in [1.29, 1.82) is 0 Å². The van der Waals surface area contributed by atoms with Crippen LogP contribution in [0.15, 0.2) is 0 Å². The van der Waals surface area contributed by atoms with E-state index >= 15 is 0 Å². The molecule has 0 heterocycles. The Morgan fingerprint density at radius 3 is 2.05 bits per heavy atom. The van der Waals surface area contributed by atoms with Crippen LogP contribution in [0.5, 0.6) is 0 Å². The zero-order valence-electron chi connectivity index (χ0n) is 11.0. The summed E-state index contributed by atoms with van der Waals surface area (Å²) in [4.78, 5) is 43.6. The molecule has 0 aliphatic heterocycles. The van der Waals surface area contributed by atoms with Crippen molar-refractivity contribution in [2.75, 3.05) is 13.1 Å². The van der Waals surface area contributed by atoms with Gasteiger partial charge in [0.1, 0.15) is 6.04 Å². The molecule has 8 nitrogen and oxygen atoms in total. The number of nitrogens with one attached hydrogen (secondary N) is 3. The second-order valence-corrected chi connectivity index (χ2v) is 3.96. The van der Waals surface area contributed by atoms with Crippen LogP contribution in [0.3, 0.4) is 0 Å². The molecule has 0 bridgehead atoms. The van der Waals surface area contributed by atoms with Gasteiger partial charge in [0.15, 0.2) is 0 Å². The number of hydrogen-bond acceptors (Lipinski definition) is 4. The second kappa shape index (κ2) is 8.90. The molecule has 1 atom stereocenters. The van der Waals surface area contributed by atoms with Gasteiger partial charge in [-0.1, -0.05) is 0 Å². The fourth-order valence-corrected chi connectivity index (χ4v) is 1.13. The molecular weight excluding hydrogens is 254 g/mol. The lowest BCUT2D eigenvalue weighted by Crippen LogP contribution is -2.39. The number of aliphatic carboxylic acids is 1. The summed E-state index contributed by atoms with van der Waals surface area (Å²) in [6.45, 7) is 3.32. The average molecular weight is 273 g/mol. The molecule has 1 unspecified atom stereocenters. The zero-order chi connectivity index (χ0) is 14.8. The molecule has 8 heteroatoms. The summed E-state index contributed by atoms with van der Waals surface area (Å²) in [5.74, 6) is -2.14. The predicted octanol–water partition coefficient (Wildman–Crippen LogP) is -1.39. The Kier molecular flexibility index (Phi) is 7.90. The number of carboxylic acid groups (broad SMARTS) is 1. The highest BCUT2D eigenvalue weighted by atomic mass is 16.4. The number of rotatable bonds is 8. The van der Waals surface area contributed by atoms with Gasteiger partial charge in [-0.15, -0.1) is 0 Å². The Morgan fingerprint density at radius 2 is 1.53 bits per heavy atom. The first-order valence-electron chi connectivity index (χ1n) is 5.86. The highest BCUT2D eigenvalue weighted by Crippen LogP contribution is 1.91. The van der Waals surface area contributed by atoms with Crippen LogP contribution in [0, 0.1) is 0 Å². The minimum atomic E-state index is -1.13. The summed E-state index contributed by atoms with van der Waals surface area (Å²) in [6.07, 6.45) is -0.109. The molecule has 0 fully saturated rings. The fourth-order valence-electron chi connectivity index (χ4n) is 1.13. The third kappa shape index (κ3) is 9.57. The molecule has 0 rings (SSSR count). The van der Waals surface area contributed by atoms with Crippen molar-refractivity contribution in [3.05, 3.63) is 0 Å². The lowest BCUT2D eigenvalue weighted by Gasteiger charge is -2.09. The molecule has 0 aromatic rings. The first kappa shape index (κ1) is 16.9. The van der Waals surface area contributed by atoms with E-state index in [-0.39, 0.29) is 31.2 Å². The van der Waals surface area contributed by atoms with Crippen molar-refractivity contribution < 1.29 is 24.3 Å². The van der Waals surface area contributed by atoms with Crippen LogP contribution in [0.4, 0.5) is 0 Å². The molecule has 0 spiro atoms. The van der Waals surface area contributed by atoms with Gasteiger partial charge in [0.05, 0.1) is 0 Å². The van der Waals surface area contributed by atoms with Crippen LogP contribution in [0.2, 0.25) is 0 Å². The van der Waals surface area contributed by atoms with Crippen LogP contribution in [-0.4, -0.2) is 47.9 Å². The third-order valence-corrected chi connectivity index (χ3v) is 2.15. The van der Waals surface area contributed by atoms with E-state index in [9.17, 15) is 19.2 Å². The van der Waals surface area contributed by atoms with Crippen molar-refractivity contribution in [3.63, 3.8) is 0 Å². The van der Waals surface area contributed by atoms with E-state index in [0.717, 1.165) is 0 Å². The van der Waals surface area contributed by atoms with Crippen molar-refractivity contribution in [3.8, 4) is 0 Å². The van der Waals surface area contributed by atoms with Crippen LogP contribution < -0.4 is 16.0 Å². The number of carbonyl (C=O) groups is 4. The van der Waals surface area contributed by atoms with E-state index in [2.05, 4.69) is 16.0 Å². The predicted molar refractivity (Wildman–Crippen MR) is 66.2 cm³/mol. The maximum atomic E-state index is 11.3. The first-order chi connectivity index (χ1) is 8.82. The lowest BCUT2D eigenvalue weighted by atomic mass is 10.2. The van der Waals surface area contributed by atoms with E-state index in [1.165, 1.54) is 13.8 Å². The quantitative estimate of drug-likeness (QED) is 0.405. The summed E-state index contributed by atoms with van der Waals surface area (Å²) >= 11 is 0. The minimum absolute atomic E-state index is 0.0295. The van der Waals surface area contributed by atoms with Gasteiger partial charge in [0, 0.05) is 32.9 Å². The summed E-state index contributed by atoms with van der Waals surface area (Å²) < 4.78 is 0. The Labute approximate surface area is 110 Å². The van der Waals surface area contributed by atoms with Crippen LogP contribution >= 0.6 is 0 Å². The van der Waals surface area contributed by atoms with Crippen molar-refractivity contribution in [1.82, 2.24) is 16.0 Å². The van der Waals surface area contributed by atoms with Gasteiger partial charge >= 0.3 is 5.97 Å². The fraction of sp³-hybridized carbons (Fsp3) is 0.636. The molecular formula is C11H19N3O5. The van der Waals surface area contributed by atoms with Crippen molar-refractivity contribution in [2.24, 2.45) is 0 Å². The van der Waals surface area contributed by atoms with Gasteiger partial charge in [0.25, 0.3) is 0 Å². The second-order valence-electron chi connectivity index (χ2n) is 3.96. The van der Waals surface area contributed by atoms with Gasteiger partial charge in [-0.25, -0.2) is 0 Å². The van der Waals surface area contributed by atoms with Crippen LogP contribution in [-0.2, 0) is 19.2 Å². The summed E-state index contributed by atoms with van der Waals surface area (Å²) in [5, 5.41) is 15.8. The molecule has 0 aromatic carbocycles. The summed E-state index contributed by atoms with van der Waals surface area (Å²) in [7, 11) is 0. The standard InChI is InChI=1S/C11H19N3O5/c1-7(11(18)19)14-10(17)4-3-9(16)13-6-5-12-8(2)15/h7H,3-6H2,1-2H3,(H,12,15)(H,13,16)(H,14,17)(H,18,19). The van der Waals surface area contributed by atoms with E-state index in [1.807, 2.05) is 0 Å². The molecule has 108 valence electrons. The van der Waals surface area contributed by atoms with Crippen molar-refractivity contribution in [2.45, 2.75) is 32.7 Å². The van der Waals surface area contributed by atoms with Crippen molar-refractivity contribution >= 4 is 23.7 Å². The highest BCUT2D eigenvalue weighted by Gasteiger charge is 2.14. The smallest absolute Gasteiger partial charge is 0.325 e. The molecule has 0 radical (unpaired) electrons. The maximum Gasteiger partial charge on any atom is 0.325 e. The normalized spacial score (nSPS) is 11.3. The SMILES string of the molecule is CC(=O)NCCNC(=O)CCC(=O)NC(C)C(=O)O. The van der Waals surface area contributed by atoms with E-state index in [0.29, 0.717) is 6.54 Å². The molecule has 0 aromatic heterocycles. The van der Waals surface area contributed by atoms with Gasteiger partial charge < -0.3 is 21.1 Å². The molecule has 0 aliphatic carbocycles. The van der Waals surface area contributed by atoms with Gasteiger partial charge in [0.2, 0.25) is 17.7 Å². The number of amides is 3. The Bertz CT molecular complexity index is 356. The van der Waals surface area contributed by atoms with Crippen LogP contribution in [0.25, 0.3) is 0 Å². The monoisotopic (exact) mass is 273 g/mol. The average Bonchev–Trinajstić information content (AvgIpc) is 2.31. The third-order valence-electron chi connectivity index (χ3n) is 2.15. The maximum absolute atomic E-state index is 11.3. The summed E-state index contributed by atoms with van der Waals surface area (Å²) in [5.41, 5.74) is 0. The molecule has 0 saturated heterocycles. The van der Waals surface area contributed by atoms with Gasteiger partial charge in [-0.05, 0) is 6.92 Å². The minimum Gasteiger partial charge on any atom is -0.480 e. The first-order valence-corrected chi connectivity index (χ1v) is 5.86. The Hall–Kier alpha value is -2.12. The molecule has 19 heavy (non-hydrogen) atoms. The highest BCUT2D eigenvalue weighted by molar-refractivity contribution is 5.86. The molecule has 3 amide bonds. The van der Waals surface area contributed by atoms with E-state index < -0.39 is 17.9 Å². The summed E-state index contributed by atoms with van der Waals surface area (Å²) in [6, 6.07) is -0.977. The van der Waals surface area contributed by atoms with E-state index in [4.69, 9.17) is 5.11 Å². The zero-order valence-corrected chi connectivity index (χ0v) is 11.0. The topological polar surface area (TPSA) is 125 Å². The molecule has 0 aliphatic rings. The lowest BCUT2D eigenvalue weighted by molar-refractivity contribution is -0.141. The Morgan fingerprint density at radius 1 is 1.00 bits per heavy atom. The van der Waals surface area contributed by atoms with Crippen LogP contribution in [0.1, 0.15) is 26.7 Å². The number of hydrogen-bond donors (Lipinski definition) is 4. The number of carbonyl (C=O) groups excluding carboxylic acids is 3. The Balaban J connectivity index is 3.69. The molecule has 4 N–H and O–H groups in total. The van der Waals surface area contributed by atoms with E-state index in [1.54, 1.807) is 0 Å². The largest absolute Gasteiger partial charge is 0.480 e. The van der Waals surface area contributed by atoms with Gasteiger partial charge in [-0.2, -0.15) is 0 Å². The van der Waals surface area contributed by atoms with Gasteiger partial charge in [-0.3, -0.25) is 19.2 Å².